The van der Waals surface area contributed by atoms with Crippen molar-refractivity contribution in [3.63, 3.8) is 0 Å². The Labute approximate surface area is 162 Å². The van der Waals surface area contributed by atoms with Gasteiger partial charge in [0.2, 0.25) is 0 Å². The highest BCUT2D eigenvalue weighted by Gasteiger charge is 2.39. The van der Waals surface area contributed by atoms with Crippen LogP contribution in [0, 0.1) is 17.8 Å². The molecule has 2 aromatic rings. The zero-order valence-corrected chi connectivity index (χ0v) is 16.8. The Balaban J connectivity index is 1.60. The number of piperidine rings is 1. The van der Waals surface area contributed by atoms with Crippen LogP contribution in [0.5, 0.6) is 5.75 Å². The van der Waals surface area contributed by atoms with E-state index in [9.17, 15) is 4.79 Å². The largest absolute Gasteiger partial charge is 0.497 e. The van der Waals surface area contributed by atoms with Gasteiger partial charge in [-0.1, -0.05) is 38.5 Å². The molecule has 0 amide bonds. The molecule has 1 unspecified atom stereocenters. The lowest BCUT2D eigenvalue weighted by Crippen LogP contribution is -2.51. The standard InChI is InChI=1S/C24H31NO2/c1-16(2)22-11-12-25(20-5-4-6-20)15-23(22)24(26)19-8-7-18-14-21(27-3)10-9-17(18)13-19/h7-10,13-14,16,20,22-23H,4-6,11-12,15H2,1-3H3/t22?,23-/m1/s1. The number of methoxy groups -OCH3 is 1. The quantitative estimate of drug-likeness (QED) is 0.684. The molecule has 0 bridgehead atoms. The fourth-order valence-corrected chi connectivity index (χ4v) is 4.87. The normalized spacial score (nSPS) is 24.1. The van der Waals surface area contributed by atoms with Gasteiger partial charge in [0.05, 0.1) is 7.11 Å². The van der Waals surface area contributed by atoms with Crippen molar-refractivity contribution in [3.8, 4) is 5.75 Å². The maximum absolute atomic E-state index is 13.5. The predicted molar refractivity (Wildman–Crippen MR) is 110 cm³/mol. The summed E-state index contributed by atoms with van der Waals surface area (Å²) in [5.74, 6) is 2.34. The minimum Gasteiger partial charge on any atom is -0.497 e. The van der Waals surface area contributed by atoms with Gasteiger partial charge in [0.1, 0.15) is 5.75 Å². The third-order valence-corrected chi connectivity index (χ3v) is 6.81. The minimum absolute atomic E-state index is 0.120. The molecule has 27 heavy (non-hydrogen) atoms. The molecule has 0 spiro atoms. The number of ether oxygens (including phenoxy) is 1. The van der Waals surface area contributed by atoms with Crippen molar-refractivity contribution < 1.29 is 9.53 Å². The predicted octanol–water partition coefficient (Wildman–Crippen LogP) is 5.18. The number of hydrogen-bond donors (Lipinski definition) is 0. The second-order valence-corrected chi connectivity index (χ2v) is 8.67. The molecule has 144 valence electrons. The van der Waals surface area contributed by atoms with Gasteiger partial charge in [0, 0.05) is 24.1 Å². The Bertz CT molecular complexity index is 824. The first kappa shape index (κ1) is 18.5. The van der Waals surface area contributed by atoms with E-state index in [-0.39, 0.29) is 5.92 Å². The van der Waals surface area contributed by atoms with Gasteiger partial charge in [-0.3, -0.25) is 9.69 Å². The molecule has 1 aliphatic carbocycles. The van der Waals surface area contributed by atoms with Gasteiger partial charge in [0.15, 0.2) is 5.78 Å². The Hall–Kier alpha value is -1.87. The van der Waals surface area contributed by atoms with Crippen molar-refractivity contribution in [2.75, 3.05) is 20.2 Å². The lowest BCUT2D eigenvalue weighted by Gasteiger charge is -2.46. The van der Waals surface area contributed by atoms with Crippen molar-refractivity contribution in [3.05, 3.63) is 42.0 Å². The molecule has 0 aromatic heterocycles. The number of likely N-dealkylation sites (tertiary alicyclic amines) is 1. The summed E-state index contributed by atoms with van der Waals surface area (Å²) in [4.78, 5) is 16.1. The highest BCUT2D eigenvalue weighted by molar-refractivity contribution is 6.01. The summed E-state index contributed by atoms with van der Waals surface area (Å²) in [5.41, 5.74) is 0.860. The second kappa shape index (κ2) is 7.63. The molecule has 4 rings (SSSR count). The monoisotopic (exact) mass is 365 g/mol. The number of nitrogens with zero attached hydrogens (tertiary/aromatic N) is 1. The molecular formula is C24H31NO2. The summed E-state index contributed by atoms with van der Waals surface area (Å²) in [7, 11) is 1.68. The highest BCUT2D eigenvalue weighted by Crippen LogP contribution is 2.36. The summed E-state index contributed by atoms with van der Waals surface area (Å²) in [5, 5.41) is 2.22. The van der Waals surface area contributed by atoms with Crippen LogP contribution in [0.25, 0.3) is 10.8 Å². The van der Waals surface area contributed by atoms with Gasteiger partial charge in [-0.05, 0) is 66.6 Å². The van der Waals surface area contributed by atoms with Crippen LogP contribution in [0.4, 0.5) is 0 Å². The molecule has 0 radical (unpaired) electrons. The molecular weight excluding hydrogens is 334 g/mol. The summed E-state index contributed by atoms with van der Waals surface area (Å²) in [6, 6.07) is 12.9. The third-order valence-electron chi connectivity index (χ3n) is 6.81. The first-order valence-electron chi connectivity index (χ1n) is 10.4. The van der Waals surface area contributed by atoms with E-state index in [1.807, 2.05) is 24.3 Å². The fourth-order valence-electron chi connectivity index (χ4n) is 4.87. The SMILES string of the molecule is COc1ccc2cc(C(=O)[C@@H]3CN(C4CCC4)CCC3C(C)C)ccc2c1. The lowest BCUT2D eigenvalue weighted by molar-refractivity contribution is 0.0304. The van der Waals surface area contributed by atoms with Crippen LogP contribution in [0.1, 0.15) is 49.9 Å². The molecule has 1 saturated carbocycles. The summed E-state index contributed by atoms with van der Waals surface area (Å²) >= 11 is 0. The topological polar surface area (TPSA) is 29.5 Å². The van der Waals surface area contributed by atoms with Crippen LogP contribution in [-0.4, -0.2) is 36.9 Å². The van der Waals surface area contributed by atoms with E-state index in [0.29, 0.717) is 17.6 Å². The van der Waals surface area contributed by atoms with E-state index in [0.717, 1.165) is 47.6 Å². The van der Waals surface area contributed by atoms with Crippen LogP contribution in [-0.2, 0) is 0 Å². The molecule has 0 N–H and O–H groups in total. The molecule has 1 heterocycles. The van der Waals surface area contributed by atoms with Crippen LogP contribution in [0.3, 0.4) is 0 Å². The average Bonchev–Trinajstić information content (AvgIpc) is 2.65. The van der Waals surface area contributed by atoms with Gasteiger partial charge < -0.3 is 4.74 Å². The Morgan fingerprint density at radius 1 is 1.07 bits per heavy atom. The maximum Gasteiger partial charge on any atom is 0.167 e. The molecule has 2 atom stereocenters. The van der Waals surface area contributed by atoms with Gasteiger partial charge >= 0.3 is 0 Å². The molecule has 1 saturated heterocycles. The number of fused-ring (bicyclic) bond motifs is 1. The minimum atomic E-state index is 0.120. The van der Waals surface area contributed by atoms with E-state index >= 15 is 0 Å². The van der Waals surface area contributed by atoms with Gasteiger partial charge in [-0.15, -0.1) is 0 Å². The van der Waals surface area contributed by atoms with E-state index in [1.54, 1.807) is 7.11 Å². The molecule has 2 aromatic carbocycles. The van der Waals surface area contributed by atoms with Crippen molar-refractivity contribution in [2.45, 2.75) is 45.6 Å². The molecule has 3 heteroatoms. The number of benzene rings is 2. The first-order valence-corrected chi connectivity index (χ1v) is 10.4. The second-order valence-electron chi connectivity index (χ2n) is 8.67. The number of carbonyl (C=O) groups is 1. The summed E-state index contributed by atoms with van der Waals surface area (Å²) < 4.78 is 5.31. The number of rotatable bonds is 5. The van der Waals surface area contributed by atoms with Crippen LogP contribution in [0.2, 0.25) is 0 Å². The molecule has 2 fully saturated rings. The van der Waals surface area contributed by atoms with E-state index in [4.69, 9.17) is 4.74 Å². The fraction of sp³-hybridized carbons (Fsp3) is 0.542. The van der Waals surface area contributed by atoms with Crippen molar-refractivity contribution in [1.82, 2.24) is 4.90 Å². The first-order chi connectivity index (χ1) is 13.1. The Morgan fingerprint density at radius 2 is 1.81 bits per heavy atom. The highest BCUT2D eigenvalue weighted by atomic mass is 16.5. The van der Waals surface area contributed by atoms with Crippen LogP contribution >= 0.6 is 0 Å². The third kappa shape index (κ3) is 3.62. The van der Waals surface area contributed by atoms with Gasteiger partial charge in [-0.2, -0.15) is 0 Å². The average molecular weight is 366 g/mol. The van der Waals surface area contributed by atoms with E-state index in [1.165, 1.54) is 19.3 Å². The summed E-state index contributed by atoms with van der Waals surface area (Å²) in [6.45, 7) is 6.65. The van der Waals surface area contributed by atoms with Crippen LogP contribution in [0.15, 0.2) is 36.4 Å². The number of carbonyl (C=O) groups excluding carboxylic acids is 1. The zero-order chi connectivity index (χ0) is 19.0. The number of Topliss-reactive ketones (excluding diaryl/α,β-unsaturated/α-hetero) is 1. The lowest BCUT2D eigenvalue weighted by atomic mass is 9.73. The van der Waals surface area contributed by atoms with Crippen molar-refractivity contribution in [2.24, 2.45) is 17.8 Å². The zero-order valence-electron chi connectivity index (χ0n) is 16.8. The molecule has 3 nitrogen and oxygen atoms in total. The Kier molecular flexibility index (Phi) is 5.23. The van der Waals surface area contributed by atoms with E-state index in [2.05, 4.69) is 30.9 Å². The van der Waals surface area contributed by atoms with Crippen molar-refractivity contribution >= 4 is 16.6 Å². The molecule has 2 aliphatic rings. The summed E-state index contributed by atoms with van der Waals surface area (Å²) in [6.07, 6.45) is 5.12. The number of hydrogen-bond acceptors (Lipinski definition) is 3. The van der Waals surface area contributed by atoms with E-state index < -0.39 is 0 Å². The van der Waals surface area contributed by atoms with Gasteiger partial charge in [-0.25, -0.2) is 0 Å². The smallest absolute Gasteiger partial charge is 0.167 e. The van der Waals surface area contributed by atoms with Crippen LogP contribution < -0.4 is 4.74 Å². The molecule has 1 aliphatic heterocycles. The van der Waals surface area contributed by atoms with Gasteiger partial charge in [0.25, 0.3) is 0 Å². The van der Waals surface area contributed by atoms with Crippen molar-refractivity contribution in [1.29, 1.82) is 0 Å². The Morgan fingerprint density at radius 3 is 2.48 bits per heavy atom. The number of ketones is 1. The maximum atomic E-state index is 13.5.